The fourth-order valence-corrected chi connectivity index (χ4v) is 4.42. The molecular weight excluding hydrogens is 376 g/mol. The van der Waals surface area contributed by atoms with E-state index in [1.807, 2.05) is 35.7 Å². The fourth-order valence-electron chi connectivity index (χ4n) is 2.48. The Balaban J connectivity index is 1.70. The van der Waals surface area contributed by atoms with Crippen molar-refractivity contribution in [3.05, 3.63) is 64.5 Å². The zero-order valence-electron chi connectivity index (χ0n) is 12.7. The summed E-state index contributed by atoms with van der Waals surface area (Å²) in [6.07, 6.45) is 0. The number of benzene rings is 2. The Labute approximate surface area is 156 Å². The normalized spacial score (nSPS) is 11.1. The Hall–Kier alpha value is -2.28. The van der Waals surface area contributed by atoms with Gasteiger partial charge in [-0.3, -0.25) is 0 Å². The third-order valence-corrected chi connectivity index (χ3v) is 5.72. The lowest BCUT2D eigenvalue weighted by Crippen LogP contribution is -1.95. The highest BCUT2D eigenvalue weighted by Crippen LogP contribution is 2.35. The van der Waals surface area contributed by atoms with Crippen LogP contribution in [-0.4, -0.2) is 21.0 Å². The number of rotatable bonds is 4. The number of aromatic carboxylic acids is 1. The number of carbonyl (C=O) groups is 1. The third-order valence-electron chi connectivity index (χ3n) is 3.63. The fraction of sp³-hybridized carbons (Fsp3) is 0. The molecule has 2 N–H and O–H groups in total. The Bertz CT molecular complexity index is 1070. The molecule has 7 heteroatoms. The van der Waals surface area contributed by atoms with Gasteiger partial charge in [0.15, 0.2) is 5.16 Å². The smallest absolute Gasteiger partial charge is 0.335 e. The molecule has 0 saturated carbocycles. The molecule has 0 unspecified atom stereocenters. The highest BCUT2D eigenvalue weighted by molar-refractivity contribution is 7.99. The van der Waals surface area contributed by atoms with Crippen LogP contribution in [0.2, 0.25) is 5.02 Å². The van der Waals surface area contributed by atoms with Crippen LogP contribution >= 0.6 is 34.7 Å². The number of thiophene rings is 1. The van der Waals surface area contributed by atoms with Gasteiger partial charge >= 0.3 is 5.97 Å². The average molecular weight is 387 g/mol. The van der Waals surface area contributed by atoms with E-state index < -0.39 is 5.97 Å². The molecule has 0 saturated heterocycles. The zero-order valence-corrected chi connectivity index (χ0v) is 15.1. The van der Waals surface area contributed by atoms with Gasteiger partial charge < -0.3 is 10.1 Å². The second-order valence-electron chi connectivity index (χ2n) is 5.30. The molecule has 25 heavy (non-hydrogen) atoms. The number of imidazole rings is 1. The van der Waals surface area contributed by atoms with Crippen LogP contribution in [0.1, 0.15) is 10.4 Å². The molecule has 0 atom stereocenters. The minimum atomic E-state index is -0.945. The number of nitrogens with one attached hydrogen (secondary N) is 1. The number of carboxylic acids is 1. The van der Waals surface area contributed by atoms with Crippen LogP contribution in [0.25, 0.3) is 21.5 Å². The third kappa shape index (κ3) is 3.28. The summed E-state index contributed by atoms with van der Waals surface area (Å²) in [4.78, 5) is 20.8. The van der Waals surface area contributed by atoms with Gasteiger partial charge in [0.05, 0.1) is 21.6 Å². The first-order valence-corrected chi connectivity index (χ1v) is 9.42. The van der Waals surface area contributed by atoms with Crippen LogP contribution in [0.4, 0.5) is 0 Å². The van der Waals surface area contributed by atoms with Gasteiger partial charge in [-0.2, -0.15) is 0 Å². The lowest BCUT2D eigenvalue weighted by molar-refractivity contribution is 0.0696. The zero-order chi connectivity index (χ0) is 17.4. The molecule has 0 aliphatic rings. The first-order valence-electron chi connectivity index (χ1n) is 7.34. The Morgan fingerprint density at radius 2 is 2.08 bits per heavy atom. The summed E-state index contributed by atoms with van der Waals surface area (Å²) in [5, 5.41) is 12.5. The van der Waals surface area contributed by atoms with E-state index in [9.17, 15) is 4.79 Å². The van der Waals surface area contributed by atoms with Crippen LogP contribution in [0, 0.1) is 0 Å². The summed E-state index contributed by atoms with van der Waals surface area (Å²) in [5.74, 6) is -0.945. The van der Waals surface area contributed by atoms with Crippen LogP contribution in [0.5, 0.6) is 0 Å². The van der Waals surface area contributed by atoms with Gasteiger partial charge in [-0.05, 0) is 41.8 Å². The number of hydrogen-bond donors (Lipinski definition) is 2. The van der Waals surface area contributed by atoms with Crippen molar-refractivity contribution in [3.63, 3.8) is 0 Å². The number of carboxylic acid groups (broad SMARTS) is 1. The number of hydrogen-bond acceptors (Lipinski definition) is 4. The maximum Gasteiger partial charge on any atom is 0.335 e. The Kier molecular flexibility index (Phi) is 4.25. The van der Waals surface area contributed by atoms with Gasteiger partial charge in [-0.25, -0.2) is 9.78 Å². The maximum atomic E-state index is 11.1. The monoisotopic (exact) mass is 386 g/mol. The lowest BCUT2D eigenvalue weighted by atomic mass is 10.1. The highest BCUT2D eigenvalue weighted by atomic mass is 35.5. The van der Waals surface area contributed by atoms with E-state index in [4.69, 9.17) is 16.7 Å². The van der Waals surface area contributed by atoms with Crippen molar-refractivity contribution in [2.75, 3.05) is 0 Å². The quantitative estimate of drug-likeness (QED) is 0.465. The van der Waals surface area contributed by atoms with Crippen molar-refractivity contribution in [2.45, 2.75) is 10.1 Å². The molecule has 0 amide bonds. The first-order chi connectivity index (χ1) is 12.1. The summed E-state index contributed by atoms with van der Waals surface area (Å²) in [5.41, 5.74) is 2.89. The average Bonchev–Trinajstić information content (AvgIpc) is 3.23. The van der Waals surface area contributed by atoms with E-state index in [0.29, 0.717) is 10.2 Å². The van der Waals surface area contributed by atoms with Gasteiger partial charge in [0, 0.05) is 15.3 Å². The Morgan fingerprint density at radius 3 is 2.84 bits per heavy atom. The minimum Gasteiger partial charge on any atom is -0.478 e. The van der Waals surface area contributed by atoms with Crippen molar-refractivity contribution in [1.29, 1.82) is 0 Å². The highest BCUT2D eigenvalue weighted by Gasteiger charge is 2.12. The molecule has 4 aromatic rings. The molecule has 0 radical (unpaired) electrons. The number of fused-ring (bicyclic) bond motifs is 1. The van der Waals surface area contributed by atoms with Crippen molar-refractivity contribution in [3.8, 4) is 10.4 Å². The maximum absolute atomic E-state index is 11.1. The van der Waals surface area contributed by atoms with Crippen molar-refractivity contribution < 1.29 is 9.90 Å². The molecule has 0 fully saturated rings. The molecule has 4 nitrogen and oxygen atoms in total. The summed E-state index contributed by atoms with van der Waals surface area (Å²) in [6.45, 7) is 0. The van der Waals surface area contributed by atoms with Gasteiger partial charge in [0.2, 0.25) is 0 Å². The molecule has 124 valence electrons. The molecule has 0 aliphatic heterocycles. The number of halogens is 1. The Morgan fingerprint density at radius 1 is 1.20 bits per heavy atom. The van der Waals surface area contributed by atoms with E-state index in [-0.39, 0.29) is 5.56 Å². The van der Waals surface area contributed by atoms with E-state index in [1.165, 1.54) is 11.8 Å². The van der Waals surface area contributed by atoms with Crippen molar-refractivity contribution in [1.82, 2.24) is 9.97 Å². The molecular formula is C18H11ClN2O2S2. The summed E-state index contributed by atoms with van der Waals surface area (Å²) >= 11 is 9.42. The van der Waals surface area contributed by atoms with E-state index >= 15 is 0 Å². The van der Waals surface area contributed by atoms with Crippen LogP contribution in [-0.2, 0) is 0 Å². The first kappa shape index (κ1) is 16.2. The number of aromatic amines is 1. The topological polar surface area (TPSA) is 66.0 Å². The van der Waals surface area contributed by atoms with Crippen LogP contribution in [0.3, 0.4) is 0 Å². The molecule has 2 heterocycles. The molecule has 0 aliphatic carbocycles. The van der Waals surface area contributed by atoms with Gasteiger partial charge in [0.25, 0.3) is 0 Å². The predicted octanol–water partition coefficient (Wildman–Crippen LogP) is 5.79. The van der Waals surface area contributed by atoms with Gasteiger partial charge in [-0.1, -0.05) is 35.5 Å². The van der Waals surface area contributed by atoms with Gasteiger partial charge in [0.1, 0.15) is 0 Å². The lowest BCUT2D eigenvalue weighted by Gasteiger charge is -2.00. The second-order valence-corrected chi connectivity index (χ2v) is 7.72. The number of nitrogens with zero attached hydrogens (tertiary/aromatic N) is 1. The number of H-pyrrole nitrogens is 1. The second kappa shape index (κ2) is 6.55. The molecule has 4 rings (SSSR count). The summed E-state index contributed by atoms with van der Waals surface area (Å²) < 4.78 is 0. The molecule has 0 spiro atoms. The number of aromatic nitrogens is 2. The summed E-state index contributed by atoms with van der Waals surface area (Å²) in [6, 6.07) is 14.6. The minimum absolute atomic E-state index is 0.254. The van der Waals surface area contributed by atoms with Gasteiger partial charge in [-0.15, -0.1) is 11.3 Å². The van der Waals surface area contributed by atoms with Crippen LogP contribution < -0.4 is 0 Å². The van der Waals surface area contributed by atoms with E-state index in [0.717, 1.165) is 26.4 Å². The molecule has 2 aromatic heterocycles. The summed E-state index contributed by atoms with van der Waals surface area (Å²) in [7, 11) is 0. The predicted molar refractivity (Wildman–Crippen MR) is 102 cm³/mol. The standard InChI is InChI=1S/C18H11ClN2O2S2/c19-13-9-15-14(8-12(13)16-5-2-6-24-16)20-18(21-15)25-11-4-1-3-10(7-11)17(22)23/h1-9H,(H,20,21)(H,22,23). The SMILES string of the molecule is O=C(O)c1cccc(Sc2nc3cc(-c4cccs4)c(Cl)cc3[nH]2)c1. The van der Waals surface area contributed by atoms with Crippen molar-refractivity contribution in [2.24, 2.45) is 0 Å². The van der Waals surface area contributed by atoms with Crippen molar-refractivity contribution >= 4 is 51.7 Å². The van der Waals surface area contributed by atoms with Crippen LogP contribution in [0.15, 0.2) is 64.0 Å². The van der Waals surface area contributed by atoms with E-state index in [2.05, 4.69) is 9.97 Å². The molecule has 2 aromatic carbocycles. The van der Waals surface area contributed by atoms with E-state index in [1.54, 1.807) is 29.5 Å². The largest absolute Gasteiger partial charge is 0.478 e. The molecule has 0 bridgehead atoms.